The van der Waals surface area contributed by atoms with Crippen LogP contribution in [-0.4, -0.2) is 54.7 Å². The largest absolute Gasteiger partial charge is 0.479 e. The smallest absolute Gasteiger partial charge is 0.331 e. The third-order valence-corrected chi connectivity index (χ3v) is 6.46. The quantitative estimate of drug-likeness (QED) is 0.838. The van der Waals surface area contributed by atoms with Gasteiger partial charge in [0.1, 0.15) is 0 Å². The van der Waals surface area contributed by atoms with Gasteiger partial charge >= 0.3 is 5.97 Å². The van der Waals surface area contributed by atoms with Crippen molar-refractivity contribution in [3.8, 4) is 0 Å². The summed E-state index contributed by atoms with van der Waals surface area (Å²) in [6.45, 7) is -0.199. The fourth-order valence-electron chi connectivity index (χ4n) is 3.24. The Kier molecular flexibility index (Phi) is 5.29. The van der Waals surface area contributed by atoms with Crippen molar-refractivity contribution in [3.63, 3.8) is 0 Å². The highest BCUT2D eigenvalue weighted by Crippen LogP contribution is 2.30. The molecule has 7 nitrogen and oxygen atoms in total. The van der Waals surface area contributed by atoms with Gasteiger partial charge < -0.3 is 10.0 Å². The van der Waals surface area contributed by atoms with Gasteiger partial charge in [-0.3, -0.25) is 4.79 Å². The second-order valence-corrected chi connectivity index (χ2v) is 8.40. The molecule has 2 aromatic carbocycles. The number of carbonyl (C=O) groups excluding carboxylic acids is 1. The van der Waals surface area contributed by atoms with Crippen LogP contribution >= 0.6 is 0 Å². The van der Waals surface area contributed by atoms with Crippen molar-refractivity contribution >= 4 is 21.9 Å². The number of sulfonamides is 1. The summed E-state index contributed by atoms with van der Waals surface area (Å²) >= 11 is 0. The van der Waals surface area contributed by atoms with Gasteiger partial charge in [-0.1, -0.05) is 42.5 Å². The summed E-state index contributed by atoms with van der Waals surface area (Å²) in [6.07, 6.45) is 0.529. The minimum atomic E-state index is -3.83. The average Bonchev–Trinajstić information content (AvgIpc) is 2.67. The molecule has 142 valence electrons. The van der Waals surface area contributed by atoms with Gasteiger partial charge in [-0.05, 0) is 29.7 Å². The summed E-state index contributed by atoms with van der Waals surface area (Å²) in [5.74, 6) is -1.68. The lowest BCUT2D eigenvalue weighted by Gasteiger charge is -2.35. The van der Waals surface area contributed by atoms with Crippen molar-refractivity contribution in [2.75, 3.05) is 20.1 Å². The number of carbonyl (C=O) groups is 2. The van der Waals surface area contributed by atoms with Crippen molar-refractivity contribution < 1.29 is 23.1 Å². The molecule has 1 unspecified atom stereocenters. The van der Waals surface area contributed by atoms with Crippen LogP contribution < -0.4 is 0 Å². The molecule has 1 N–H and O–H groups in total. The van der Waals surface area contributed by atoms with E-state index in [-0.39, 0.29) is 11.4 Å². The fourth-order valence-corrected chi connectivity index (χ4v) is 4.38. The third-order valence-electron chi connectivity index (χ3n) is 4.65. The Morgan fingerprint density at radius 3 is 2.41 bits per heavy atom. The molecular formula is C19H20N2O5S. The van der Waals surface area contributed by atoms with Crippen LogP contribution in [-0.2, 0) is 26.0 Å². The number of rotatable bonds is 5. The van der Waals surface area contributed by atoms with Gasteiger partial charge in [0, 0.05) is 13.6 Å². The second-order valence-electron chi connectivity index (χ2n) is 6.35. The molecule has 0 radical (unpaired) electrons. The maximum absolute atomic E-state index is 12.8. The van der Waals surface area contributed by atoms with Crippen LogP contribution in [0, 0.1) is 0 Å². The number of carboxylic acid groups (broad SMARTS) is 1. The highest BCUT2D eigenvalue weighted by Gasteiger charge is 2.37. The van der Waals surface area contributed by atoms with Crippen molar-refractivity contribution in [2.24, 2.45) is 0 Å². The van der Waals surface area contributed by atoms with Gasteiger partial charge in [0.2, 0.25) is 15.9 Å². The standard InChI is InChI=1S/C19H20N2O5S/c1-20(27(25,26)15-8-3-2-4-9-15)13-17(22)21-12-11-14-7-5-6-10-16(14)18(21)19(23)24/h2-10,18H,11-13H2,1H3,(H,23,24). The van der Waals surface area contributed by atoms with Crippen LogP contribution in [0.5, 0.6) is 0 Å². The zero-order chi connectivity index (χ0) is 19.6. The maximum Gasteiger partial charge on any atom is 0.331 e. The number of fused-ring (bicyclic) bond motifs is 1. The summed E-state index contributed by atoms with van der Waals surface area (Å²) in [7, 11) is -2.52. The molecule has 1 heterocycles. The number of hydrogen-bond donors (Lipinski definition) is 1. The minimum absolute atomic E-state index is 0.0825. The van der Waals surface area contributed by atoms with Crippen molar-refractivity contribution in [3.05, 3.63) is 65.7 Å². The number of benzene rings is 2. The molecule has 0 spiro atoms. The van der Waals surface area contributed by atoms with Gasteiger partial charge in [-0.2, -0.15) is 4.31 Å². The second kappa shape index (κ2) is 7.50. The lowest BCUT2D eigenvalue weighted by Crippen LogP contribution is -2.47. The predicted molar refractivity (Wildman–Crippen MR) is 98.5 cm³/mol. The lowest BCUT2D eigenvalue weighted by atomic mass is 9.92. The molecule has 2 aromatic rings. The van der Waals surface area contributed by atoms with E-state index in [0.717, 1.165) is 9.87 Å². The van der Waals surface area contributed by atoms with Crippen LogP contribution in [0.2, 0.25) is 0 Å². The topological polar surface area (TPSA) is 95.0 Å². The molecule has 27 heavy (non-hydrogen) atoms. The van der Waals surface area contributed by atoms with E-state index in [1.165, 1.54) is 24.1 Å². The molecule has 0 bridgehead atoms. The Balaban J connectivity index is 1.82. The number of aliphatic carboxylic acids is 1. The normalized spacial score (nSPS) is 16.8. The first kappa shape index (κ1) is 19.1. The van der Waals surface area contributed by atoms with Crippen molar-refractivity contribution in [1.29, 1.82) is 0 Å². The molecular weight excluding hydrogens is 368 g/mol. The summed E-state index contributed by atoms with van der Waals surface area (Å²) in [6, 6.07) is 13.8. The van der Waals surface area contributed by atoms with Gasteiger partial charge in [0.05, 0.1) is 11.4 Å². The lowest BCUT2D eigenvalue weighted by molar-refractivity contribution is -0.151. The number of carboxylic acids is 1. The molecule has 3 rings (SSSR count). The fraction of sp³-hybridized carbons (Fsp3) is 0.263. The number of hydrogen-bond acceptors (Lipinski definition) is 4. The van der Waals surface area contributed by atoms with E-state index in [2.05, 4.69) is 0 Å². The molecule has 0 saturated heterocycles. The molecule has 0 aromatic heterocycles. The van der Waals surface area contributed by atoms with Crippen molar-refractivity contribution in [2.45, 2.75) is 17.4 Å². The first-order valence-corrected chi connectivity index (χ1v) is 9.88. The van der Waals surface area contributed by atoms with E-state index in [9.17, 15) is 23.1 Å². The molecule has 1 aliphatic heterocycles. The van der Waals surface area contributed by atoms with Crippen LogP contribution in [0.15, 0.2) is 59.5 Å². The summed E-state index contributed by atoms with van der Waals surface area (Å²) < 4.78 is 26.2. The molecule has 0 saturated carbocycles. The van der Waals surface area contributed by atoms with Gasteiger partial charge in [0.25, 0.3) is 0 Å². The van der Waals surface area contributed by atoms with E-state index in [1.807, 2.05) is 12.1 Å². The highest BCUT2D eigenvalue weighted by atomic mass is 32.2. The van der Waals surface area contributed by atoms with E-state index >= 15 is 0 Å². The van der Waals surface area contributed by atoms with Crippen molar-refractivity contribution in [1.82, 2.24) is 9.21 Å². The van der Waals surface area contributed by atoms with Crippen LogP contribution in [0.1, 0.15) is 17.2 Å². The molecule has 8 heteroatoms. The Hall–Kier alpha value is -2.71. The Bertz CT molecular complexity index is 959. The average molecular weight is 388 g/mol. The predicted octanol–water partition coefficient (Wildman–Crippen LogP) is 1.52. The Morgan fingerprint density at radius 2 is 1.74 bits per heavy atom. The zero-order valence-electron chi connectivity index (χ0n) is 14.8. The molecule has 1 aliphatic rings. The van der Waals surface area contributed by atoms with Crippen LogP contribution in [0.3, 0.4) is 0 Å². The molecule has 0 aliphatic carbocycles. The van der Waals surface area contributed by atoms with Gasteiger partial charge in [-0.25, -0.2) is 13.2 Å². The summed E-state index contributed by atoms with van der Waals surface area (Å²) in [5.41, 5.74) is 1.46. The van der Waals surface area contributed by atoms with Gasteiger partial charge in [0.15, 0.2) is 6.04 Å². The van der Waals surface area contributed by atoms with E-state index in [1.54, 1.807) is 30.3 Å². The van der Waals surface area contributed by atoms with Crippen LogP contribution in [0.25, 0.3) is 0 Å². The Labute approximate surface area is 157 Å². The number of nitrogens with zero attached hydrogens (tertiary/aromatic N) is 2. The molecule has 1 amide bonds. The maximum atomic E-state index is 12.8. The van der Waals surface area contributed by atoms with Gasteiger partial charge in [-0.15, -0.1) is 0 Å². The van der Waals surface area contributed by atoms with E-state index in [4.69, 9.17) is 0 Å². The third kappa shape index (κ3) is 3.72. The van der Waals surface area contributed by atoms with Crippen LogP contribution in [0.4, 0.5) is 0 Å². The van der Waals surface area contributed by atoms with E-state index in [0.29, 0.717) is 12.0 Å². The number of amides is 1. The van der Waals surface area contributed by atoms with E-state index < -0.39 is 34.5 Å². The summed E-state index contributed by atoms with van der Waals surface area (Å²) in [4.78, 5) is 25.9. The minimum Gasteiger partial charge on any atom is -0.479 e. The summed E-state index contributed by atoms with van der Waals surface area (Å²) in [5, 5.41) is 9.65. The first-order valence-electron chi connectivity index (χ1n) is 8.44. The zero-order valence-corrected chi connectivity index (χ0v) is 15.6. The SMILES string of the molecule is CN(CC(=O)N1CCc2ccccc2C1C(=O)O)S(=O)(=O)c1ccccc1. The Morgan fingerprint density at radius 1 is 1.11 bits per heavy atom. The highest BCUT2D eigenvalue weighted by molar-refractivity contribution is 7.89. The monoisotopic (exact) mass is 388 g/mol. The number of likely N-dealkylation sites (N-methyl/N-ethyl adjacent to an activating group) is 1. The first-order chi connectivity index (χ1) is 12.8. The molecule has 1 atom stereocenters. The molecule has 0 fully saturated rings.